The maximum Gasteiger partial charge on any atom is 0.127 e. The third-order valence-electron chi connectivity index (χ3n) is 5.02. The Morgan fingerprint density at radius 3 is 2.07 bits per heavy atom. The Bertz CT molecular complexity index is 555. The fourth-order valence-electron chi connectivity index (χ4n) is 3.54. The van der Waals surface area contributed by atoms with E-state index in [1.807, 2.05) is 26.0 Å². The summed E-state index contributed by atoms with van der Waals surface area (Å²) in [5, 5.41) is 0. The van der Waals surface area contributed by atoms with Crippen LogP contribution in [0.15, 0.2) is 43.0 Å². The Kier molecular flexibility index (Phi) is 8.04. The molecule has 2 heterocycles. The smallest absolute Gasteiger partial charge is 0.127 e. The second-order valence-electron chi connectivity index (χ2n) is 8.01. The lowest BCUT2D eigenvalue weighted by molar-refractivity contribution is -0.177. The molecule has 0 saturated carbocycles. The second-order valence-corrected chi connectivity index (χ2v) is 8.01. The van der Waals surface area contributed by atoms with Crippen molar-refractivity contribution in [2.75, 3.05) is 26.4 Å². The molecule has 4 atom stereocenters. The molecular weight excluding hydrogens is 340 g/mol. The molecule has 0 aromatic heterocycles. The first kappa shape index (κ1) is 22.1. The molecule has 0 amide bonds. The number of benzene rings is 1. The van der Waals surface area contributed by atoms with Gasteiger partial charge in [0.05, 0.1) is 19.3 Å². The van der Waals surface area contributed by atoms with Crippen molar-refractivity contribution in [2.45, 2.75) is 65.0 Å². The lowest BCUT2D eigenvalue weighted by Gasteiger charge is -2.46. The summed E-state index contributed by atoms with van der Waals surface area (Å²) in [6.07, 6.45) is 3.02. The first-order valence-corrected chi connectivity index (χ1v) is 10.1. The highest BCUT2D eigenvalue weighted by Gasteiger charge is 2.58. The predicted octanol–water partition coefficient (Wildman–Crippen LogP) is 4.73. The Hall–Kier alpha value is -1.20. The minimum atomic E-state index is -0.464. The largest absolute Gasteiger partial charge is 0.382 e. The van der Waals surface area contributed by atoms with Crippen LogP contribution in [0.1, 0.15) is 46.6 Å². The normalized spacial score (nSPS) is 24.2. The summed E-state index contributed by atoms with van der Waals surface area (Å²) in [6, 6.07) is 10.5. The van der Waals surface area contributed by atoms with E-state index in [2.05, 4.69) is 51.6 Å². The molecule has 4 heteroatoms. The highest BCUT2D eigenvalue weighted by Crippen LogP contribution is 2.51. The van der Waals surface area contributed by atoms with Gasteiger partial charge in [-0.2, -0.15) is 0 Å². The van der Waals surface area contributed by atoms with E-state index in [0.717, 1.165) is 32.8 Å². The van der Waals surface area contributed by atoms with Crippen molar-refractivity contribution in [1.82, 2.24) is 0 Å². The van der Waals surface area contributed by atoms with Crippen LogP contribution in [-0.4, -0.2) is 44.7 Å². The van der Waals surface area contributed by atoms with Crippen molar-refractivity contribution in [3.8, 4) is 0 Å². The number of rotatable bonds is 9. The molecule has 2 aliphatic heterocycles. The van der Waals surface area contributed by atoms with Gasteiger partial charge < -0.3 is 18.9 Å². The van der Waals surface area contributed by atoms with E-state index >= 15 is 0 Å². The summed E-state index contributed by atoms with van der Waals surface area (Å²) < 4.78 is 22.8. The van der Waals surface area contributed by atoms with Crippen molar-refractivity contribution >= 4 is 0 Å². The van der Waals surface area contributed by atoms with Gasteiger partial charge in [-0.25, -0.2) is 0 Å². The van der Waals surface area contributed by atoms with Crippen LogP contribution in [0.3, 0.4) is 0 Å². The second kappa shape index (κ2) is 9.83. The van der Waals surface area contributed by atoms with Crippen molar-refractivity contribution in [3.63, 3.8) is 0 Å². The molecule has 1 aromatic rings. The Balaban J connectivity index is 0.000000465. The molecule has 27 heavy (non-hydrogen) atoms. The van der Waals surface area contributed by atoms with Crippen LogP contribution >= 0.6 is 0 Å². The lowest BCUT2D eigenvalue weighted by Crippen LogP contribution is -2.50. The molecule has 2 fully saturated rings. The Morgan fingerprint density at radius 1 is 1.11 bits per heavy atom. The van der Waals surface area contributed by atoms with Gasteiger partial charge in [0.1, 0.15) is 17.8 Å². The molecule has 0 N–H and O–H groups in total. The van der Waals surface area contributed by atoms with E-state index in [0.29, 0.717) is 0 Å². The average Bonchev–Trinajstić information content (AvgIpc) is 3.52. The van der Waals surface area contributed by atoms with Crippen molar-refractivity contribution in [2.24, 2.45) is 5.41 Å². The van der Waals surface area contributed by atoms with E-state index in [-0.39, 0.29) is 23.7 Å². The summed E-state index contributed by atoms with van der Waals surface area (Å²) in [4.78, 5) is 0. The topological polar surface area (TPSA) is 43.5 Å². The summed E-state index contributed by atoms with van der Waals surface area (Å²) in [5.41, 5.74) is 0.622. The molecule has 1 aromatic carbocycles. The van der Waals surface area contributed by atoms with Crippen LogP contribution in [0.25, 0.3) is 0 Å². The highest BCUT2D eigenvalue weighted by atomic mass is 16.6. The fourth-order valence-corrected chi connectivity index (χ4v) is 3.54. The SMILES string of the molecule is C=CCC(OC(c1ccccc1)(C1CO1)C(C)(C)C)C1CO1.CCOCC. The third-order valence-corrected chi connectivity index (χ3v) is 5.02. The molecule has 2 aliphatic rings. The van der Waals surface area contributed by atoms with E-state index in [1.165, 1.54) is 5.56 Å². The standard InChI is InChI=1S/C19H26O3.C4H10O/c1-5-9-15(16-12-20-16)22-19(17-13-21-17,18(2,3)4)14-10-7-6-8-11-14;1-3-5-4-2/h5-8,10-11,15-17H,1,9,12-13H2,2-4H3;3-4H2,1-2H3. The number of hydrogen-bond donors (Lipinski definition) is 0. The zero-order valence-electron chi connectivity index (χ0n) is 17.6. The summed E-state index contributed by atoms with van der Waals surface area (Å²) in [7, 11) is 0. The lowest BCUT2D eigenvalue weighted by atomic mass is 9.69. The van der Waals surface area contributed by atoms with Gasteiger partial charge in [-0.15, -0.1) is 6.58 Å². The zero-order chi connectivity index (χ0) is 19.9. The van der Waals surface area contributed by atoms with E-state index in [4.69, 9.17) is 18.9 Å². The first-order valence-electron chi connectivity index (χ1n) is 10.1. The average molecular weight is 377 g/mol. The Morgan fingerprint density at radius 2 is 1.70 bits per heavy atom. The van der Waals surface area contributed by atoms with E-state index in [9.17, 15) is 0 Å². The van der Waals surface area contributed by atoms with Crippen molar-refractivity contribution in [3.05, 3.63) is 48.6 Å². The van der Waals surface area contributed by atoms with Crippen LogP contribution in [0, 0.1) is 5.41 Å². The summed E-state index contributed by atoms with van der Waals surface area (Å²) >= 11 is 0. The van der Waals surface area contributed by atoms with Crippen LogP contribution in [-0.2, 0) is 24.5 Å². The fraction of sp³-hybridized carbons (Fsp3) is 0.652. The van der Waals surface area contributed by atoms with Gasteiger partial charge in [-0.05, 0) is 31.2 Å². The van der Waals surface area contributed by atoms with Gasteiger partial charge in [0.25, 0.3) is 0 Å². The molecule has 152 valence electrons. The predicted molar refractivity (Wildman–Crippen MR) is 109 cm³/mol. The molecule has 2 saturated heterocycles. The van der Waals surface area contributed by atoms with Gasteiger partial charge in [0.15, 0.2) is 0 Å². The van der Waals surface area contributed by atoms with E-state index < -0.39 is 5.60 Å². The molecule has 0 radical (unpaired) electrons. The third kappa shape index (κ3) is 5.64. The van der Waals surface area contributed by atoms with Crippen LogP contribution in [0.5, 0.6) is 0 Å². The molecule has 0 spiro atoms. The van der Waals surface area contributed by atoms with Gasteiger partial charge in [-0.3, -0.25) is 0 Å². The minimum Gasteiger partial charge on any atom is -0.382 e. The summed E-state index contributed by atoms with van der Waals surface area (Å²) in [5.74, 6) is 0. The molecular formula is C23H36O4. The quantitative estimate of drug-likeness (QED) is 0.462. The molecule has 4 unspecified atom stereocenters. The molecule has 4 nitrogen and oxygen atoms in total. The van der Waals surface area contributed by atoms with E-state index in [1.54, 1.807) is 0 Å². The van der Waals surface area contributed by atoms with Crippen molar-refractivity contribution < 1.29 is 18.9 Å². The van der Waals surface area contributed by atoms with Gasteiger partial charge in [0, 0.05) is 13.2 Å². The first-order chi connectivity index (χ1) is 12.9. The molecule has 0 aliphatic carbocycles. The molecule has 3 rings (SSSR count). The minimum absolute atomic E-state index is 0.0288. The van der Waals surface area contributed by atoms with Gasteiger partial charge in [-0.1, -0.05) is 57.2 Å². The Labute approximate surface area is 164 Å². The number of epoxide rings is 2. The van der Waals surface area contributed by atoms with Crippen LogP contribution < -0.4 is 0 Å². The van der Waals surface area contributed by atoms with Crippen molar-refractivity contribution in [1.29, 1.82) is 0 Å². The zero-order valence-corrected chi connectivity index (χ0v) is 17.6. The number of hydrogen-bond acceptors (Lipinski definition) is 4. The van der Waals surface area contributed by atoms with Crippen LogP contribution in [0.2, 0.25) is 0 Å². The molecule has 0 bridgehead atoms. The van der Waals surface area contributed by atoms with Gasteiger partial charge in [0.2, 0.25) is 0 Å². The summed E-state index contributed by atoms with van der Waals surface area (Å²) in [6.45, 7) is 17.7. The van der Waals surface area contributed by atoms with Gasteiger partial charge >= 0.3 is 0 Å². The monoisotopic (exact) mass is 376 g/mol. The maximum atomic E-state index is 6.76. The highest BCUT2D eigenvalue weighted by molar-refractivity contribution is 5.29. The maximum absolute atomic E-state index is 6.76. The van der Waals surface area contributed by atoms with Crippen LogP contribution in [0.4, 0.5) is 0 Å². The number of ether oxygens (including phenoxy) is 4.